The van der Waals surface area contributed by atoms with E-state index in [1.807, 2.05) is 0 Å². The molecule has 1 aliphatic carbocycles. The fourth-order valence-electron chi connectivity index (χ4n) is 5.61. The van der Waals surface area contributed by atoms with Crippen LogP contribution in [0.15, 0.2) is 48.1 Å². The zero-order valence-electron chi connectivity index (χ0n) is 20.7. The SMILES string of the molecule is COC1CC=CC(C)C(C2CCCCC2)=C(c2ccc3nc(-c4sc(C)nc4C)ccc3c2)N1. The average molecular weight is 474 g/mol. The molecular formula is C29H35N3OS. The van der Waals surface area contributed by atoms with E-state index in [-0.39, 0.29) is 6.23 Å². The highest BCUT2D eigenvalue weighted by Gasteiger charge is 2.27. The van der Waals surface area contributed by atoms with Gasteiger partial charge in [0, 0.05) is 24.6 Å². The van der Waals surface area contributed by atoms with Crippen LogP contribution in [0.3, 0.4) is 0 Å². The molecule has 3 aromatic rings. The van der Waals surface area contributed by atoms with Crippen LogP contribution in [0.1, 0.15) is 61.7 Å². The van der Waals surface area contributed by atoms with E-state index in [4.69, 9.17) is 9.72 Å². The zero-order valence-corrected chi connectivity index (χ0v) is 21.5. The standard InChI is InChI=1S/C29H35N3OS/c1-18-9-8-12-26(33-4)32-28(27(18)21-10-6-5-7-11-21)23-14-15-24-22(17-23)13-16-25(31-24)29-19(2)30-20(3)34-29/h8-9,13-18,21,26,32H,5-7,10-12H2,1-4H3. The highest BCUT2D eigenvalue weighted by molar-refractivity contribution is 7.15. The van der Waals surface area contributed by atoms with Gasteiger partial charge in [-0.15, -0.1) is 11.3 Å². The number of aryl methyl sites for hydroxylation is 2. The third kappa shape index (κ3) is 4.69. The minimum Gasteiger partial charge on any atom is -0.362 e. The van der Waals surface area contributed by atoms with Gasteiger partial charge in [-0.3, -0.25) is 0 Å². The van der Waals surface area contributed by atoms with Crippen molar-refractivity contribution in [3.63, 3.8) is 0 Å². The van der Waals surface area contributed by atoms with Crippen molar-refractivity contribution in [3.05, 3.63) is 64.3 Å². The van der Waals surface area contributed by atoms with Crippen LogP contribution in [0.2, 0.25) is 0 Å². The highest BCUT2D eigenvalue weighted by Crippen LogP contribution is 2.39. The number of fused-ring (bicyclic) bond motifs is 1. The van der Waals surface area contributed by atoms with E-state index in [0.29, 0.717) is 11.8 Å². The molecule has 0 saturated heterocycles. The lowest BCUT2D eigenvalue weighted by atomic mass is 9.76. The van der Waals surface area contributed by atoms with Crippen molar-refractivity contribution in [1.29, 1.82) is 0 Å². The van der Waals surface area contributed by atoms with Gasteiger partial charge in [0.25, 0.3) is 0 Å². The Hall–Kier alpha value is -2.50. The number of hydrogen-bond acceptors (Lipinski definition) is 5. The summed E-state index contributed by atoms with van der Waals surface area (Å²) in [5.41, 5.74) is 7.12. The molecule has 3 heterocycles. The second kappa shape index (κ2) is 10.0. The summed E-state index contributed by atoms with van der Waals surface area (Å²) in [6.07, 6.45) is 12.1. The molecule has 1 saturated carbocycles. The van der Waals surface area contributed by atoms with Crippen molar-refractivity contribution < 1.29 is 4.74 Å². The maximum Gasteiger partial charge on any atom is 0.130 e. The van der Waals surface area contributed by atoms with Gasteiger partial charge in [0.15, 0.2) is 0 Å². The molecule has 34 heavy (non-hydrogen) atoms. The number of allylic oxidation sites excluding steroid dienone is 2. The van der Waals surface area contributed by atoms with E-state index in [1.165, 1.54) is 48.9 Å². The Morgan fingerprint density at radius 2 is 1.85 bits per heavy atom. The molecule has 5 heteroatoms. The lowest BCUT2D eigenvalue weighted by Crippen LogP contribution is -2.33. The van der Waals surface area contributed by atoms with Crippen molar-refractivity contribution in [2.75, 3.05) is 7.11 Å². The number of nitrogens with one attached hydrogen (secondary N) is 1. The largest absolute Gasteiger partial charge is 0.362 e. The number of methoxy groups -OCH3 is 1. The second-order valence-corrected chi connectivity index (χ2v) is 10.9. The van der Waals surface area contributed by atoms with Crippen molar-refractivity contribution in [2.45, 2.75) is 65.5 Å². The molecule has 0 spiro atoms. The third-order valence-corrected chi connectivity index (χ3v) is 8.40. The van der Waals surface area contributed by atoms with Crippen LogP contribution in [0.4, 0.5) is 0 Å². The summed E-state index contributed by atoms with van der Waals surface area (Å²) < 4.78 is 5.80. The molecule has 0 radical (unpaired) electrons. The molecule has 1 aliphatic heterocycles. The van der Waals surface area contributed by atoms with Gasteiger partial charge in [0.2, 0.25) is 0 Å². The number of nitrogens with zero attached hydrogens (tertiary/aromatic N) is 2. The normalized spacial score (nSPS) is 22.0. The Kier molecular flexibility index (Phi) is 6.84. The number of aromatic nitrogens is 2. The fraction of sp³-hybridized carbons (Fsp3) is 0.448. The fourth-order valence-corrected chi connectivity index (χ4v) is 6.50. The molecule has 1 aromatic carbocycles. The third-order valence-electron chi connectivity index (χ3n) is 7.30. The molecule has 5 rings (SSSR count). The van der Waals surface area contributed by atoms with Crippen molar-refractivity contribution in [1.82, 2.24) is 15.3 Å². The first kappa shape index (κ1) is 23.3. The Bertz CT molecular complexity index is 1240. The number of hydrogen-bond donors (Lipinski definition) is 1. The van der Waals surface area contributed by atoms with Crippen LogP contribution < -0.4 is 5.32 Å². The van der Waals surface area contributed by atoms with Gasteiger partial charge in [0.1, 0.15) is 6.23 Å². The van der Waals surface area contributed by atoms with Gasteiger partial charge in [-0.05, 0) is 67.9 Å². The van der Waals surface area contributed by atoms with Crippen LogP contribution in [-0.2, 0) is 4.74 Å². The van der Waals surface area contributed by atoms with Gasteiger partial charge >= 0.3 is 0 Å². The van der Waals surface area contributed by atoms with Crippen molar-refractivity contribution >= 4 is 27.9 Å². The lowest BCUT2D eigenvalue weighted by Gasteiger charge is -2.33. The summed E-state index contributed by atoms with van der Waals surface area (Å²) >= 11 is 1.71. The zero-order chi connectivity index (χ0) is 23.7. The number of rotatable bonds is 4. The molecule has 0 amide bonds. The first-order valence-corrected chi connectivity index (χ1v) is 13.4. The number of ether oxygens (including phenoxy) is 1. The quantitative estimate of drug-likeness (QED) is 0.400. The Labute approximate surface area is 207 Å². The maximum absolute atomic E-state index is 5.80. The summed E-state index contributed by atoms with van der Waals surface area (Å²) in [7, 11) is 1.80. The molecule has 0 bridgehead atoms. The Balaban J connectivity index is 1.59. The van der Waals surface area contributed by atoms with Gasteiger partial charge in [-0.25, -0.2) is 9.97 Å². The van der Waals surface area contributed by atoms with Crippen LogP contribution in [0.5, 0.6) is 0 Å². The lowest BCUT2D eigenvalue weighted by molar-refractivity contribution is 0.0900. The van der Waals surface area contributed by atoms with Crippen LogP contribution >= 0.6 is 11.3 Å². The summed E-state index contributed by atoms with van der Waals surface area (Å²) in [4.78, 5) is 10.7. The predicted molar refractivity (Wildman–Crippen MR) is 143 cm³/mol. The monoisotopic (exact) mass is 473 g/mol. The van der Waals surface area contributed by atoms with E-state index in [9.17, 15) is 0 Å². The summed E-state index contributed by atoms with van der Waals surface area (Å²) in [5, 5.41) is 6.04. The van der Waals surface area contributed by atoms with E-state index >= 15 is 0 Å². The average Bonchev–Trinajstić information content (AvgIpc) is 3.19. The minimum atomic E-state index is -0.0221. The first-order valence-electron chi connectivity index (χ1n) is 12.6. The topological polar surface area (TPSA) is 47.0 Å². The van der Waals surface area contributed by atoms with E-state index < -0.39 is 0 Å². The summed E-state index contributed by atoms with van der Waals surface area (Å²) in [6, 6.07) is 11.0. The van der Waals surface area contributed by atoms with Gasteiger partial charge in [-0.1, -0.05) is 50.5 Å². The van der Waals surface area contributed by atoms with E-state index in [2.05, 4.69) is 73.6 Å². The first-order chi connectivity index (χ1) is 16.5. The molecule has 4 nitrogen and oxygen atoms in total. The summed E-state index contributed by atoms with van der Waals surface area (Å²) in [6.45, 7) is 6.47. The highest BCUT2D eigenvalue weighted by atomic mass is 32.1. The maximum atomic E-state index is 5.80. The van der Waals surface area contributed by atoms with E-state index in [1.54, 1.807) is 18.4 Å². The number of thiazole rings is 1. The molecule has 2 aromatic heterocycles. The molecule has 2 aliphatic rings. The van der Waals surface area contributed by atoms with Gasteiger partial charge < -0.3 is 10.1 Å². The minimum absolute atomic E-state index is 0.0221. The van der Waals surface area contributed by atoms with Crippen LogP contribution in [-0.4, -0.2) is 23.3 Å². The Morgan fingerprint density at radius 1 is 1.03 bits per heavy atom. The summed E-state index contributed by atoms with van der Waals surface area (Å²) in [5.74, 6) is 1.04. The molecule has 1 fully saturated rings. The van der Waals surface area contributed by atoms with E-state index in [0.717, 1.165) is 38.6 Å². The van der Waals surface area contributed by atoms with Gasteiger partial charge in [-0.2, -0.15) is 0 Å². The van der Waals surface area contributed by atoms with Crippen LogP contribution in [0, 0.1) is 25.7 Å². The van der Waals surface area contributed by atoms with Crippen LogP contribution in [0.25, 0.3) is 27.2 Å². The Morgan fingerprint density at radius 3 is 2.59 bits per heavy atom. The smallest absolute Gasteiger partial charge is 0.130 e. The number of pyridine rings is 1. The number of benzene rings is 1. The van der Waals surface area contributed by atoms with Gasteiger partial charge in [0.05, 0.1) is 26.8 Å². The molecule has 2 atom stereocenters. The molecule has 178 valence electrons. The van der Waals surface area contributed by atoms with Crippen molar-refractivity contribution in [3.8, 4) is 10.6 Å². The molecular weight excluding hydrogens is 438 g/mol. The second-order valence-electron chi connectivity index (χ2n) is 9.74. The predicted octanol–water partition coefficient (Wildman–Crippen LogP) is 7.42. The molecule has 1 N–H and O–H groups in total. The molecule has 2 unspecified atom stereocenters. The van der Waals surface area contributed by atoms with Crippen molar-refractivity contribution in [2.24, 2.45) is 11.8 Å².